The van der Waals surface area contributed by atoms with Gasteiger partial charge in [0.1, 0.15) is 0 Å². The molecule has 0 saturated heterocycles. The first-order valence-electron chi connectivity index (χ1n) is 5.36. The predicted molar refractivity (Wildman–Crippen MR) is 65.9 cm³/mol. The van der Waals surface area contributed by atoms with Crippen molar-refractivity contribution in [3.05, 3.63) is 40.5 Å². The molecule has 0 N–H and O–H groups in total. The molecule has 0 amide bonds. The predicted octanol–water partition coefficient (Wildman–Crippen LogP) is 3.95. The fourth-order valence-corrected chi connectivity index (χ4v) is 2.60. The summed E-state index contributed by atoms with van der Waals surface area (Å²) >= 11 is 3.60. The molecule has 0 spiro atoms. The van der Waals surface area contributed by atoms with Crippen molar-refractivity contribution in [2.24, 2.45) is 5.92 Å². The number of nitrogens with zero attached hydrogens (tertiary/aromatic N) is 1. The highest BCUT2D eigenvalue weighted by atomic mass is 79.9. The minimum absolute atomic E-state index is 0.936. The molecule has 1 fully saturated rings. The molecule has 0 radical (unpaired) electrons. The summed E-state index contributed by atoms with van der Waals surface area (Å²) in [6.45, 7) is 0. The van der Waals surface area contributed by atoms with E-state index in [0.29, 0.717) is 0 Å². The lowest BCUT2D eigenvalue weighted by molar-refractivity contribution is 0.833. The Morgan fingerprint density at radius 1 is 1.33 bits per heavy atom. The maximum Gasteiger partial charge on any atom is 0.0844 e. The lowest BCUT2D eigenvalue weighted by Gasteiger charge is -2.04. The van der Waals surface area contributed by atoms with Crippen LogP contribution in [0.1, 0.15) is 18.4 Å². The molecule has 15 heavy (non-hydrogen) atoms. The standard InChI is InChI=1S/C13H12BrN/c14-12-8-10(6-9-3-4-9)7-11-2-1-5-15-13(11)12/h1-2,5,7-9H,3-4,6H2. The van der Waals surface area contributed by atoms with Gasteiger partial charge in [-0.05, 0) is 64.9 Å². The number of halogens is 1. The Morgan fingerprint density at radius 3 is 3.00 bits per heavy atom. The molecule has 1 aliphatic rings. The summed E-state index contributed by atoms with van der Waals surface area (Å²) in [6.07, 6.45) is 5.88. The van der Waals surface area contributed by atoms with Crippen LogP contribution >= 0.6 is 15.9 Å². The molecule has 1 nitrogen and oxygen atoms in total. The number of hydrogen-bond acceptors (Lipinski definition) is 1. The minimum Gasteiger partial charge on any atom is -0.255 e. The summed E-state index contributed by atoms with van der Waals surface area (Å²) in [6, 6.07) is 8.61. The van der Waals surface area contributed by atoms with Gasteiger partial charge in [0.05, 0.1) is 5.52 Å². The van der Waals surface area contributed by atoms with E-state index in [2.05, 4.69) is 39.1 Å². The zero-order chi connectivity index (χ0) is 10.3. The zero-order valence-corrected chi connectivity index (χ0v) is 10.00. The van der Waals surface area contributed by atoms with E-state index in [9.17, 15) is 0 Å². The highest BCUT2D eigenvalue weighted by molar-refractivity contribution is 9.10. The lowest BCUT2D eigenvalue weighted by Crippen LogP contribution is -1.89. The Kier molecular flexibility index (Phi) is 2.24. The van der Waals surface area contributed by atoms with Crippen molar-refractivity contribution in [1.82, 2.24) is 4.98 Å². The van der Waals surface area contributed by atoms with Crippen molar-refractivity contribution >= 4 is 26.8 Å². The average Bonchev–Trinajstić information content (AvgIpc) is 3.02. The van der Waals surface area contributed by atoms with Gasteiger partial charge in [-0.15, -0.1) is 0 Å². The Morgan fingerprint density at radius 2 is 2.20 bits per heavy atom. The van der Waals surface area contributed by atoms with E-state index < -0.39 is 0 Å². The fourth-order valence-electron chi connectivity index (χ4n) is 1.98. The van der Waals surface area contributed by atoms with Gasteiger partial charge in [0.25, 0.3) is 0 Å². The second-order valence-electron chi connectivity index (χ2n) is 4.30. The summed E-state index contributed by atoms with van der Waals surface area (Å²) in [5, 5.41) is 1.24. The Labute approximate surface area is 97.7 Å². The van der Waals surface area contributed by atoms with Gasteiger partial charge < -0.3 is 0 Å². The molecule has 1 aromatic carbocycles. The third kappa shape index (κ3) is 1.91. The molecule has 76 valence electrons. The third-order valence-corrected chi connectivity index (χ3v) is 3.54. The largest absolute Gasteiger partial charge is 0.255 e. The SMILES string of the molecule is Brc1cc(CC2CC2)cc2cccnc12. The van der Waals surface area contributed by atoms with Crippen LogP contribution in [0.4, 0.5) is 0 Å². The Bertz CT molecular complexity index is 503. The summed E-state index contributed by atoms with van der Waals surface area (Å²) in [4.78, 5) is 4.37. The van der Waals surface area contributed by atoms with E-state index in [-0.39, 0.29) is 0 Å². The van der Waals surface area contributed by atoms with Gasteiger partial charge in [-0.2, -0.15) is 0 Å². The van der Waals surface area contributed by atoms with Gasteiger partial charge in [0.2, 0.25) is 0 Å². The molecule has 2 heteroatoms. The van der Waals surface area contributed by atoms with Crippen LogP contribution < -0.4 is 0 Å². The number of rotatable bonds is 2. The molecule has 1 aliphatic carbocycles. The van der Waals surface area contributed by atoms with Crippen LogP contribution in [0.5, 0.6) is 0 Å². The van der Waals surface area contributed by atoms with Crippen LogP contribution in [0.2, 0.25) is 0 Å². The van der Waals surface area contributed by atoms with E-state index in [0.717, 1.165) is 15.9 Å². The number of fused-ring (bicyclic) bond motifs is 1. The van der Waals surface area contributed by atoms with Gasteiger partial charge in [0, 0.05) is 16.1 Å². The molecular formula is C13H12BrN. The lowest BCUT2D eigenvalue weighted by atomic mass is 10.1. The topological polar surface area (TPSA) is 12.9 Å². The van der Waals surface area contributed by atoms with Crippen LogP contribution in [0.15, 0.2) is 34.9 Å². The monoisotopic (exact) mass is 261 g/mol. The molecule has 0 unspecified atom stereocenters. The molecule has 0 aliphatic heterocycles. The highest BCUT2D eigenvalue weighted by Gasteiger charge is 2.21. The first-order chi connectivity index (χ1) is 7.33. The fraction of sp³-hybridized carbons (Fsp3) is 0.308. The first-order valence-corrected chi connectivity index (χ1v) is 6.15. The second-order valence-corrected chi connectivity index (χ2v) is 5.15. The zero-order valence-electron chi connectivity index (χ0n) is 8.41. The van der Waals surface area contributed by atoms with Crippen molar-refractivity contribution in [2.45, 2.75) is 19.3 Å². The molecule has 3 rings (SSSR count). The van der Waals surface area contributed by atoms with E-state index in [4.69, 9.17) is 0 Å². The molecule has 0 atom stereocenters. The molecular weight excluding hydrogens is 250 g/mol. The normalized spacial score (nSPS) is 15.8. The summed E-state index contributed by atoms with van der Waals surface area (Å²) in [5.74, 6) is 0.936. The second kappa shape index (κ2) is 3.60. The molecule has 1 saturated carbocycles. The first kappa shape index (κ1) is 9.34. The average molecular weight is 262 g/mol. The van der Waals surface area contributed by atoms with Crippen LogP contribution in [0, 0.1) is 5.92 Å². The van der Waals surface area contributed by atoms with Crippen LogP contribution in [0.3, 0.4) is 0 Å². The molecule has 0 bridgehead atoms. The maximum atomic E-state index is 4.37. The third-order valence-electron chi connectivity index (χ3n) is 2.94. The smallest absolute Gasteiger partial charge is 0.0844 e. The Hall–Kier alpha value is -0.890. The van der Waals surface area contributed by atoms with Crippen molar-refractivity contribution in [3.8, 4) is 0 Å². The van der Waals surface area contributed by atoms with Gasteiger partial charge in [-0.25, -0.2) is 0 Å². The van der Waals surface area contributed by atoms with Gasteiger partial charge in [-0.1, -0.05) is 6.07 Å². The molecule has 1 heterocycles. The quantitative estimate of drug-likeness (QED) is 0.798. The summed E-state index contributed by atoms with van der Waals surface area (Å²) in [7, 11) is 0. The number of benzene rings is 1. The van der Waals surface area contributed by atoms with Crippen LogP contribution in [-0.2, 0) is 6.42 Å². The summed E-state index contributed by atoms with van der Waals surface area (Å²) in [5.41, 5.74) is 2.50. The van der Waals surface area contributed by atoms with Crippen molar-refractivity contribution in [2.75, 3.05) is 0 Å². The van der Waals surface area contributed by atoms with Gasteiger partial charge in [0.15, 0.2) is 0 Å². The van der Waals surface area contributed by atoms with Gasteiger partial charge >= 0.3 is 0 Å². The van der Waals surface area contributed by atoms with E-state index in [1.165, 1.54) is 30.2 Å². The van der Waals surface area contributed by atoms with E-state index in [1.54, 1.807) is 0 Å². The van der Waals surface area contributed by atoms with Crippen molar-refractivity contribution in [1.29, 1.82) is 0 Å². The van der Waals surface area contributed by atoms with E-state index >= 15 is 0 Å². The van der Waals surface area contributed by atoms with Crippen LogP contribution in [0.25, 0.3) is 10.9 Å². The van der Waals surface area contributed by atoms with Crippen molar-refractivity contribution < 1.29 is 0 Å². The highest BCUT2D eigenvalue weighted by Crippen LogP contribution is 2.34. The molecule has 1 aromatic heterocycles. The van der Waals surface area contributed by atoms with Crippen LogP contribution in [-0.4, -0.2) is 4.98 Å². The van der Waals surface area contributed by atoms with E-state index in [1.807, 2.05) is 12.3 Å². The van der Waals surface area contributed by atoms with Gasteiger partial charge in [-0.3, -0.25) is 4.98 Å². The summed E-state index contributed by atoms with van der Waals surface area (Å²) < 4.78 is 1.12. The number of aromatic nitrogens is 1. The molecule has 2 aromatic rings. The number of hydrogen-bond donors (Lipinski definition) is 0. The van der Waals surface area contributed by atoms with Crippen molar-refractivity contribution in [3.63, 3.8) is 0 Å². The minimum atomic E-state index is 0.936. The maximum absolute atomic E-state index is 4.37. The Balaban J connectivity index is 2.09. The number of pyridine rings is 1.